The smallest absolute Gasteiger partial charge is 0.126 e. The van der Waals surface area contributed by atoms with Crippen LogP contribution in [0.1, 0.15) is 49.8 Å². The van der Waals surface area contributed by atoms with Crippen molar-refractivity contribution < 1.29 is 4.39 Å². The number of nitrogens with two attached hydrogens (primary N) is 1. The van der Waals surface area contributed by atoms with Crippen LogP contribution in [0, 0.1) is 18.7 Å². The molecule has 1 fully saturated rings. The first kappa shape index (κ1) is 15.5. The Labute approximate surface area is 122 Å². The number of aryl methyl sites for hydroxylation is 1. The van der Waals surface area contributed by atoms with Gasteiger partial charge in [-0.2, -0.15) is 0 Å². The Balaban J connectivity index is 2.35. The highest BCUT2D eigenvalue weighted by Gasteiger charge is 2.42. The van der Waals surface area contributed by atoms with Crippen molar-refractivity contribution in [1.82, 2.24) is 4.90 Å². The van der Waals surface area contributed by atoms with Crippen LogP contribution in [0.25, 0.3) is 0 Å². The van der Waals surface area contributed by atoms with Crippen molar-refractivity contribution >= 4 is 0 Å². The molecule has 3 unspecified atom stereocenters. The number of hydrogen-bond donors (Lipinski definition) is 1. The van der Waals surface area contributed by atoms with E-state index in [-0.39, 0.29) is 17.4 Å². The van der Waals surface area contributed by atoms with E-state index in [0.29, 0.717) is 11.5 Å². The molecule has 3 heteroatoms. The fourth-order valence-electron chi connectivity index (χ4n) is 3.64. The summed E-state index contributed by atoms with van der Waals surface area (Å²) in [6, 6.07) is 5.29. The molecule has 0 aliphatic heterocycles. The Bertz CT molecular complexity index is 472. The lowest BCUT2D eigenvalue weighted by atomic mass is 9.70. The maximum absolute atomic E-state index is 13.8. The van der Waals surface area contributed by atoms with Crippen LogP contribution in [0.15, 0.2) is 18.2 Å². The fraction of sp³-hybridized carbons (Fsp3) is 0.647. The largest absolute Gasteiger partial charge is 0.322 e. The lowest BCUT2D eigenvalue weighted by Crippen LogP contribution is -2.54. The van der Waals surface area contributed by atoms with Crippen LogP contribution in [0.3, 0.4) is 0 Å². The monoisotopic (exact) mass is 278 g/mol. The average molecular weight is 278 g/mol. The minimum Gasteiger partial charge on any atom is -0.322 e. The summed E-state index contributed by atoms with van der Waals surface area (Å²) in [5, 5.41) is 0. The Morgan fingerprint density at radius 2 is 2.10 bits per heavy atom. The summed E-state index contributed by atoms with van der Waals surface area (Å²) in [6.45, 7) is 4.08. The molecule has 3 atom stereocenters. The van der Waals surface area contributed by atoms with E-state index in [1.54, 1.807) is 13.0 Å². The number of benzene rings is 1. The molecule has 0 radical (unpaired) electrons. The van der Waals surface area contributed by atoms with E-state index in [0.717, 1.165) is 18.4 Å². The average Bonchev–Trinajstić information content (AvgIpc) is 2.40. The Morgan fingerprint density at radius 1 is 1.40 bits per heavy atom. The van der Waals surface area contributed by atoms with E-state index in [4.69, 9.17) is 5.73 Å². The van der Waals surface area contributed by atoms with E-state index in [2.05, 4.69) is 25.9 Å². The van der Waals surface area contributed by atoms with Gasteiger partial charge < -0.3 is 10.6 Å². The van der Waals surface area contributed by atoms with Crippen LogP contribution in [-0.2, 0) is 0 Å². The van der Waals surface area contributed by atoms with E-state index >= 15 is 0 Å². The summed E-state index contributed by atoms with van der Waals surface area (Å²) < 4.78 is 13.8. The highest BCUT2D eigenvalue weighted by atomic mass is 19.1. The van der Waals surface area contributed by atoms with Crippen molar-refractivity contribution in [2.45, 2.75) is 51.1 Å². The zero-order valence-corrected chi connectivity index (χ0v) is 13.1. The lowest BCUT2D eigenvalue weighted by Gasteiger charge is -2.49. The van der Waals surface area contributed by atoms with Gasteiger partial charge in [0.1, 0.15) is 5.82 Å². The summed E-state index contributed by atoms with van der Waals surface area (Å²) in [5.74, 6) is 0.517. The molecule has 0 amide bonds. The minimum atomic E-state index is -0.157. The van der Waals surface area contributed by atoms with Crippen molar-refractivity contribution in [3.63, 3.8) is 0 Å². The Kier molecular flexibility index (Phi) is 4.50. The quantitative estimate of drug-likeness (QED) is 0.914. The van der Waals surface area contributed by atoms with E-state index in [1.165, 1.54) is 12.8 Å². The van der Waals surface area contributed by atoms with Gasteiger partial charge in [-0.1, -0.05) is 31.9 Å². The molecule has 1 aliphatic carbocycles. The molecule has 2 N–H and O–H groups in total. The molecule has 1 aromatic rings. The Hall–Kier alpha value is -0.930. The fourth-order valence-corrected chi connectivity index (χ4v) is 3.64. The first-order valence-electron chi connectivity index (χ1n) is 7.56. The maximum Gasteiger partial charge on any atom is 0.126 e. The van der Waals surface area contributed by atoms with E-state index in [9.17, 15) is 4.39 Å². The second kappa shape index (κ2) is 5.82. The third-order valence-corrected chi connectivity index (χ3v) is 5.03. The third kappa shape index (κ3) is 2.75. The van der Waals surface area contributed by atoms with Crippen molar-refractivity contribution in [2.24, 2.45) is 11.7 Å². The second-order valence-corrected chi connectivity index (χ2v) is 6.69. The number of likely N-dealkylation sites (N-methyl/N-ethyl adjacent to an activating group) is 1. The van der Waals surface area contributed by atoms with Crippen molar-refractivity contribution in [1.29, 1.82) is 0 Å². The van der Waals surface area contributed by atoms with Gasteiger partial charge in [0.25, 0.3) is 0 Å². The van der Waals surface area contributed by atoms with Gasteiger partial charge in [0.2, 0.25) is 0 Å². The van der Waals surface area contributed by atoms with Gasteiger partial charge in [0.15, 0.2) is 0 Å². The number of rotatable bonds is 3. The number of halogens is 1. The molecule has 0 bridgehead atoms. The summed E-state index contributed by atoms with van der Waals surface area (Å²) in [6.07, 6.45) is 4.63. The van der Waals surface area contributed by atoms with Gasteiger partial charge >= 0.3 is 0 Å². The topological polar surface area (TPSA) is 29.3 Å². The predicted octanol–water partition coefficient (Wildman–Crippen LogP) is 3.64. The summed E-state index contributed by atoms with van der Waals surface area (Å²) in [5.41, 5.74) is 8.11. The first-order chi connectivity index (χ1) is 9.36. The maximum atomic E-state index is 13.8. The molecule has 1 aromatic carbocycles. The van der Waals surface area contributed by atoms with Gasteiger partial charge in [-0.25, -0.2) is 4.39 Å². The van der Waals surface area contributed by atoms with Gasteiger partial charge in [-0.3, -0.25) is 0 Å². The second-order valence-electron chi connectivity index (χ2n) is 6.69. The van der Waals surface area contributed by atoms with Crippen LogP contribution in [0.4, 0.5) is 4.39 Å². The molecule has 20 heavy (non-hydrogen) atoms. The number of nitrogens with zero attached hydrogens (tertiary/aromatic N) is 1. The molecule has 1 saturated carbocycles. The summed E-state index contributed by atoms with van der Waals surface area (Å²) in [7, 11) is 4.20. The Morgan fingerprint density at radius 3 is 2.65 bits per heavy atom. The van der Waals surface area contributed by atoms with Crippen LogP contribution in [0.5, 0.6) is 0 Å². The third-order valence-electron chi connectivity index (χ3n) is 5.03. The van der Waals surface area contributed by atoms with Gasteiger partial charge in [-0.15, -0.1) is 0 Å². The van der Waals surface area contributed by atoms with Gasteiger partial charge in [0.05, 0.1) is 0 Å². The van der Waals surface area contributed by atoms with Gasteiger partial charge in [-0.05, 0) is 57.0 Å². The molecule has 112 valence electrons. The number of hydrogen-bond acceptors (Lipinski definition) is 2. The van der Waals surface area contributed by atoms with Crippen molar-refractivity contribution in [3.8, 4) is 0 Å². The van der Waals surface area contributed by atoms with Crippen LogP contribution < -0.4 is 5.73 Å². The zero-order chi connectivity index (χ0) is 14.9. The SMILES string of the molecule is Cc1ccc(C(N)C2(N(C)C)CCCC(C)C2)cc1F. The highest BCUT2D eigenvalue weighted by Crippen LogP contribution is 2.43. The molecule has 0 heterocycles. The zero-order valence-electron chi connectivity index (χ0n) is 13.1. The molecule has 0 aromatic heterocycles. The molecule has 1 aliphatic rings. The predicted molar refractivity (Wildman–Crippen MR) is 82.1 cm³/mol. The molecular formula is C17H27FN2. The normalized spacial score (nSPS) is 28.6. The van der Waals surface area contributed by atoms with Crippen LogP contribution in [0.2, 0.25) is 0 Å². The highest BCUT2D eigenvalue weighted by molar-refractivity contribution is 5.28. The molecule has 0 saturated heterocycles. The van der Waals surface area contributed by atoms with Crippen molar-refractivity contribution in [3.05, 3.63) is 35.1 Å². The lowest BCUT2D eigenvalue weighted by molar-refractivity contribution is 0.0498. The first-order valence-corrected chi connectivity index (χ1v) is 7.56. The minimum absolute atomic E-state index is 0.0562. The van der Waals surface area contributed by atoms with Crippen LogP contribution in [-0.4, -0.2) is 24.5 Å². The van der Waals surface area contributed by atoms with E-state index < -0.39 is 0 Å². The van der Waals surface area contributed by atoms with Crippen LogP contribution >= 0.6 is 0 Å². The van der Waals surface area contributed by atoms with Crippen molar-refractivity contribution in [2.75, 3.05) is 14.1 Å². The molecule has 2 rings (SSSR count). The van der Waals surface area contributed by atoms with Gasteiger partial charge in [0, 0.05) is 11.6 Å². The summed E-state index contributed by atoms with van der Waals surface area (Å²) in [4.78, 5) is 2.26. The van der Waals surface area contributed by atoms with E-state index in [1.807, 2.05) is 12.1 Å². The molecule has 2 nitrogen and oxygen atoms in total. The standard InChI is InChI=1S/C17H27FN2/c1-12-6-5-9-17(11-12,20(3)4)16(19)14-8-7-13(2)15(18)10-14/h7-8,10,12,16H,5-6,9,11,19H2,1-4H3. The molecular weight excluding hydrogens is 251 g/mol. The summed E-state index contributed by atoms with van der Waals surface area (Å²) >= 11 is 0. The molecule has 0 spiro atoms.